The lowest BCUT2D eigenvalue weighted by Gasteiger charge is -2.36. The van der Waals surface area contributed by atoms with Crippen LogP contribution in [0.25, 0.3) is 5.70 Å². The van der Waals surface area contributed by atoms with Crippen molar-refractivity contribution in [1.29, 1.82) is 5.26 Å². The Balaban J connectivity index is 1.77. The van der Waals surface area contributed by atoms with Crippen LogP contribution in [0.2, 0.25) is 0 Å². The van der Waals surface area contributed by atoms with Gasteiger partial charge in [0.2, 0.25) is 11.8 Å². The van der Waals surface area contributed by atoms with E-state index >= 15 is 0 Å². The highest BCUT2D eigenvalue weighted by Gasteiger charge is 2.46. The molecule has 0 spiro atoms. The molecule has 1 aliphatic carbocycles. The molecule has 3 amide bonds. The van der Waals surface area contributed by atoms with Gasteiger partial charge in [-0.1, -0.05) is 24.8 Å². The van der Waals surface area contributed by atoms with E-state index in [1.165, 1.54) is 0 Å². The van der Waals surface area contributed by atoms with E-state index in [0.29, 0.717) is 44.3 Å². The summed E-state index contributed by atoms with van der Waals surface area (Å²) in [6.45, 7) is 5.28. The summed E-state index contributed by atoms with van der Waals surface area (Å²) in [6.07, 6.45) is 3.22. The number of likely N-dealkylation sites (tertiary alicyclic amines) is 1. The monoisotopic (exact) mass is 585 g/mol. The molecule has 2 atom stereocenters. The summed E-state index contributed by atoms with van der Waals surface area (Å²) in [4.78, 5) is 45.2. The van der Waals surface area contributed by atoms with Gasteiger partial charge in [0.15, 0.2) is 0 Å². The highest BCUT2D eigenvalue weighted by Crippen LogP contribution is 2.43. The highest BCUT2D eigenvalue weighted by molar-refractivity contribution is 5.96. The van der Waals surface area contributed by atoms with Gasteiger partial charge in [0.05, 0.1) is 12.6 Å². The molecule has 2 aliphatic rings. The van der Waals surface area contributed by atoms with Crippen molar-refractivity contribution in [2.45, 2.75) is 43.6 Å². The zero-order valence-corrected chi connectivity index (χ0v) is 25.9. The second-order valence-electron chi connectivity index (χ2n) is 11.7. The molecule has 1 heterocycles. The zero-order valence-electron chi connectivity index (χ0n) is 25.9. The smallest absolute Gasteiger partial charge is 0.253 e. The Hall–Kier alpha value is -4.20. The number of nitriles is 1. The van der Waals surface area contributed by atoms with E-state index in [-0.39, 0.29) is 30.3 Å². The highest BCUT2D eigenvalue weighted by atomic mass is 16.2. The molecule has 228 valence electrons. The number of carbonyl (C=O) groups excluding carboxylic acids is 3. The Bertz CT molecular complexity index is 1370. The summed E-state index contributed by atoms with van der Waals surface area (Å²) in [5.41, 5.74) is 10.7. The van der Waals surface area contributed by atoms with Crippen LogP contribution < -0.4 is 16.2 Å². The van der Waals surface area contributed by atoms with Crippen LogP contribution in [0.3, 0.4) is 0 Å². The van der Waals surface area contributed by atoms with Crippen LogP contribution >= 0.6 is 0 Å². The minimum Gasteiger partial charge on any atom is -0.378 e. The molecule has 2 aromatic rings. The maximum atomic E-state index is 14.3. The molecule has 1 aliphatic heterocycles. The largest absolute Gasteiger partial charge is 0.378 e. The first-order valence-corrected chi connectivity index (χ1v) is 14.8. The van der Waals surface area contributed by atoms with E-state index < -0.39 is 5.41 Å². The molecular weight excluding hydrogens is 542 g/mol. The molecular formula is C33H43N7O3. The molecule has 0 radical (unpaired) electrons. The van der Waals surface area contributed by atoms with Crippen molar-refractivity contribution in [2.24, 2.45) is 0 Å². The van der Waals surface area contributed by atoms with Gasteiger partial charge in [0, 0.05) is 53.0 Å². The minimum absolute atomic E-state index is 0.0828. The maximum absolute atomic E-state index is 14.3. The van der Waals surface area contributed by atoms with Crippen LogP contribution in [-0.2, 0) is 27.8 Å². The van der Waals surface area contributed by atoms with Crippen molar-refractivity contribution in [3.63, 3.8) is 0 Å². The van der Waals surface area contributed by atoms with Crippen LogP contribution in [0.4, 0.5) is 0 Å². The molecule has 43 heavy (non-hydrogen) atoms. The third-order valence-corrected chi connectivity index (χ3v) is 8.62. The van der Waals surface area contributed by atoms with Crippen LogP contribution in [0, 0.1) is 11.3 Å². The topological polar surface area (TPSA) is 121 Å². The van der Waals surface area contributed by atoms with Gasteiger partial charge in [-0.25, -0.2) is 5.43 Å². The first-order chi connectivity index (χ1) is 20.5. The fourth-order valence-corrected chi connectivity index (χ4v) is 6.30. The Kier molecular flexibility index (Phi) is 9.89. The number of nitrogens with zero attached hydrogens (tertiary/aromatic N) is 4. The molecule has 10 heteroatoms. The number of hydrogen-bond donors (Lipinski definition) is 3. The number of aryl methyl sites for hydroxylation is 2. The van der Waals surface area contributed by atoms with E-state index in [9.17, 15) is 19.6 Å². The van der Waals surface area contributed by atoms with Gasteiger partial charge in [-0.05, 0) is 84.7 Å². The van der Waals surface area contributed by atoms with Crippen molar-refractivity contribution in [3.8, 4) is 6.07 Å². The van der Waals surface area contributed by atoms with Crippen molar-refractivity contribution in [2.75, 3.05) is 54.9 Å². The number of hydrogen-bond acceptors (Lipinski definition) is 7. The quantitative estimate of drug-likeness (QED) is 0.288. The number of hydrazine groups is 1. The average Bonchev–Trinajstić information content (AvgIpc) is 3.43. The Labute approximate surface area is 254 Å². The fourth-order valence-electron chi connectivity index (χ4n) is 6.30. The van der Waals surface area contributed by atoms with Gasteiger partial charge in [-0.3, -0.25) is 19.8 Å². The molecule has 1 saturated heterocycles. The molecule has 0 bridgehead atoms. The third kappa shape index (κ3) is 6.28. The molecule has 3 N–H and O–H groups in total. The maximum Gasteiger partial charge on any atom is 0.253 e. The summed E-state index contributed by atoms with van der Waals surface area (Å²) in [5.74, 6) is -0.433. The van der Waals surface area contributed by atoms with Crippen molar-refractivity contribution < 1.29 is 14.4 Å². The summed E-state index contributed by atoms with van der Waals surface area (Å²) in [5, 5.41) is 12.7. The summed E-state index contributed by atoms with van der Waals surface area (Å²) in [6, 6.07) is 13.6. The predicted octanol–water partition coefficient (Wildman–Crippen LogP) is 2.05. The van der Waals surface area contributed by atoms with E-state index in [0.717, 1.165) is 39.9 Å². The standard InChI is InChI=1S/C33H43N7O3/c1-22(38(3)4)23-11-13-28-24(18-23)9-10-25-19-26(31(42)39(5)6)12-14-29(25)33(28,32(43)37-35-2)15-16-36-21-30(41)40-17-7-8-27(40)20-34/h11-14,18-19,27,35-36H,1,7-10,15-17,21H2,2-6H3,(H,37,43). The van der Waals surface area contributed by atoms with E-state index in [4.69, 9.17) is 0 Å². The lowest BCUT2D eigenvalue weighted by atomic mass is 9.69. The van der Waals surface area contributed by atoms with Gasteiger partial charge in [-0.15, -0.1) is 0 Å². The Morgan fingerprint density at radius 1 is 1.02 bits per heavy atom. The molecule has 1 fully saturated rings. The summed E-state index contributed by atoms with van der Waals surface area (Å²) >= 11 is 0. The van der Waals surface area contributed by atoms with E-state index in [1.807, 2.05) is 43.3 Å². The van der Waals surface area contributed by atoms with Gasteiger partial charge >= 0.3 is 0 Å². The number of nitrogens with one attached hydrogen (secondary N) is 3. The normalized spacial score (nSPS) is 19.0. The third-order valence-electron chi connectivity index (χ3n) is 8.62. The van der Waals surface area contributed by atoms with Gasteiger partial charge in [0.1, 0.15) is 11.5 Å². The van der Waals surface area contributed by atoms with Gasteiger partial charge < -0.3 is 20.0 Å². The molecule has 10 nitrogen and oxygen atoms in total. The number of fused-ring (bicyclic) bond motifs is 2. The lowest BCUT2D eigenvalue weighted by Crippen LogP contribution is -2.51. The second-order valence-corrected chi connectivity index (χ2v) is 11.7. The number of rotatable bonds is 10. The Morgan fingerprint density at radius 2 is 1.65 bits per heavy atom. The van der Waals surface area contributed by atoms with Crippen LogP contribution in [0.1, 0.15) is 57.4 Å². The lowest BCUT2D eigenvalue weighted by molar-refractivity contribution is -0.130. The van der Waals surface area contributed by atoms with Crippen LogP contribution in [0.15, 0.2) is 43.0 Å². The van der Waals surface area contributed by atoms with Crippen LogP contribution in [0.5, 0.6) is 0 Å². The zero-order chi connectivity index (χ0) is 31.3. The molecule has 2 unspecified atom stereocenters. The molecule has 0 aromatic heterocycles. The number of benzene rings is 2. The van der Waals surface area contributed by atoms with Crippen LogP contribution in [-0.4, -0.2) is 93.3 Å². The number of carbonyl (C=O) groups is 3. The fraction of sp³-hybridized carbons (Fsp3) is 0.455. The molecule has 0 saturated carbocycles. The van der Waals surface area contributed by atoms with Gasteiger partial charge in [0.25, 0.3) is 5.91 Å². The first kappa shape index (κ1) is 31.7. The van der Waals surface area contributed by atoms with Gasteiger partial charge in [-0.2, -0.15) is 5.26 Å². The summed E-state index contributed by atoms with van der Waals surface area (Å²) in [7, 11) is 9.01. The average molecular weight is 586 g/mol. The van der Waals surface area contributed by atoms with E-state index in [2.05, 4.69) is 34.9 Å². The van der Waals surface area contributed by atoms with Crippen molar-refractivity contribution in [3.05, 3.63) is 76.4 Å². The van der Waals surface area contributed by atoms with Crippen molar-refractivity contribution in [1.82, 2.24) is 30.9 Å². The second kappa shape index (κ2) is 13.4. The van der Waals surface area contributed by atoms with E-state index in [1.54, 1.807) is 37.0 Å². The Morgan fingerprint density at radius 3 is 2.23 bits per heavy atom. The predicted molar refractivity (Wildman–Crippen MR) is 167 cm³/mol. The SMILES string of the molecule is C=C(c1ccc2c(c1)CCc1cc(C(=O)N(C)C)ccc1C2(CCNCC(=O)N1CCCC1C#N)C(=O)NNC)N(C)C. The summed E-state index contributed by atoms with van der Waals surface area (Å²) < 4.78 is 0. The molecule has 4 rings (SSSR count). The first-order valence-electron chi connectivity index (χ1n) is 14.8. The molecule has 2 aromatic carbocycles. The van der Waals surface area contributed by atoms with Crippen molar-refractivity contribution >= 4 is 23.4 Å². The minimum atomic E-state index is -1.11. The number of amides is 3.